The number of carbonyl (C=O) groups is 1. The predicted octanol–water partition coefficient (Wildman–Crippen LogP) is 2.65. The fourth-order valence-corrected chi connectivity index (χ4v) is 5.26. The van der Waals surface area contributed by atoms with Gasteiger partial charge in [0.05, 0.1) is 12.0 Å². The Balaban J connectivity index is 2.00. The molecule has 1 N–H and O–H groups in total. The number of aliphatic hydroxyl groups excluding tert-OH is 1. The number of Topliss-reactive ketones (excluding diaryl/α,β-unsaturated/α-hetero) is 1. The average Bonchev–Trinajstić information content (AvgIpc) is 2.86. The molecule has 96 valence electrons. The van der Waals surface area contributed by atoms with Gasteiger partial charge in [0, 0.05) is 6.42 Å². The van der Waals surface area contributed by atoms with Gasteiger partial charge in [0.25, 0.3) is 0 Å². The van der Waals surface area contributed by atoms with Crippen molar-refractivity contribution in [1.82, 2.24) is 0 Å². The van der Waals surface area contributed by atoms with Crippen molar-refractivity contribution in [3.8, 4) is 0 Å². The smallest absolute Gasteiger partial charge is 0.141 e. The number of aliphatic hydroxyl groups is 1. The van der Waals surface area contributed by atoms with Crippen molar-refractivity contribution in [2.24, 2.45) is 34.5 Å². The van der Waals surface area contributed by atoms with Crippen LogP contribution < -0.4 is 0 Å². The largest absolute Gasteiger partial charge is 0.395 e. The Labute approximate surface area is 104 Å². The van der Waals surface area contributed by atoms with E-state index in [1.54, 1.807) is 0 Å². The van der Waals surface area contributed by atoms with E-state index in [1.807, 2.05) is 0 Å². The van der Waals surface area contributed by atoms with Crippen LogP contribution in [0.3, 0.4) is 0 Å². The molecule has 3 rings (SSSR count). The highest BCUT2D eigenvalue weighted by Crippen LogP contribution is 2.73. The minimum Gasteiger partial charge on any atom is -0.395 e. The molecule has 3 aliphatic carbocycles. The van der Waals surface area contributed by atoms with Gasteiger partial charge in [0.2, 0.25) is 0 Å². The van der Waals surface area contributed by atoms with Gasteiger partial charge in [-0.15, -0.1) is 0 Å². The van der Waals surface area contributed by atoms with E-state index in [4.69, 9.17) is 0 Å². The quantitative estimate of drug-likeness (QED) is 0.760. The van der Waals surface area contributed by atoms with Crippen molar-refractivity contribution in [3.05, 3.63) is 0 Å². The van der Waals surface area contributed by atoms with Crippen LogP contribution in [0.5, 0.6) is 0 Å². The van der Waals surface area contributed by atoms with Crippen LogP contribution in [0.4, 0.5) is 0 Å². The summed E-state index contributed by atoms with van der Waals surface area (Å²) in [5.74, 6) is 2.89. The van der Waals surface area contributed by atoms with E-state index in [0.717, 1.165) is 25.2 Å². The van der Waals surface area contributed by atoms with E-state index in [2.05, 4.69) is 20.8 Å². The van der Waals surface area contributed by atoms with E-state index < -0.39 is 0 Å². The molecular formula is C15H24O2. The molecule has 17 heavy (non-hydrogen) atoms. The second-order valence-corrected chi connectivity index (χ2v) is 7.27. The van der Waals surface area contributed by atoms with Gasteiger partial charge < -0.3 is 5.11 Å². The van der Waals surface area contributed by atoms with E-state index in [9.17, 15) is 9.90 Å². The molecule has 0 bridgehead atoms. The molecule has 2 heteroatoms. The highest BCUT2D eigenvalue weighted by molar-refractivity contribution is 5.86. The van der Waals surface area contributed by atoms with Crippen LogP contribution in [0.15, 0.2) is 0 Å². The Hall–Kier alpha value is -0.370. The summed E-state index contributed by atoms with van der Waals surface area (Å²) < 4.78 is 0. The maximum Gasteiger partial charge on any atom is 0.141 e. The van der Waals surface area contributed by atoms with E-state index >= 15 is 0 Å². The summed E-state index contributed by atoms with van der Waals surface area (Å²) in [6.07, 6.45) is 3.80. The molecule has 0 aromatic carbocycles. The highest BCUT2D eigenvalue weighted by atomic mass is 16.3. The van der Waals surface area contributed by atoms with Crippen molar-refractivity contribution < 1.29 is 9.90 Å². The molecule has 2 nitrogen and oxygen atoms in total. The van der Waals surface area contributed by atoms with Crippen LogP contribution in [-0.2, 0) is 4.79 Å². The van der Waals surface area contributed by atoms with Crippen LogP contribution in [0.2, 0.25) is 0 Å². The lowest BCUT2D eigenvalue weighted by atomic mass is 9.55. The number of hydrogen-bond acceptors (Lipinski definition) is 2. The van der Waals surface area contributed by atoms with E-state index in [1.165, 1.54) is 0 Å². The molecule has 0 unspecified atom stereocenters. The van der Waals surface area contributed by atoms with Gasteiger partial charge in [-0.1, -0.05) is 20.8 Å². The van der Waals surface area contributed by atoms with Gasteiger partial charge in [-0.2, -0.15) is 0 Å². The number of rotatable bonds is 1. The average molecular weight is 236 g/mol. The molecular weight excluding hydrogens is 212 g/mol. The Morgan fingerprint density at radius 1 is 1.29 bits per heavy atom. The van der Waals surface area contributed by atoms with Crippen molar-refractivity contribution in [3.63, 3.8) is 0 Å². The van der Waals surface area contributed by atoms with Crippen molar-refractivity contribution >= 4 is 5.78 Å². The standard InChI is InChI=1S/C15H24O2/c1-9-4-5-11(17)15(8-16)7-6-10-13(12(9)15)14(10,2)3/h9-10,12-13,16H,4-8H2,1-3H3/t9-,10-,12-,13+,15-/m1/s1. The van der Waals surface area contributed by atoms with Gasteiger partial charge in [-0.05, 0) is 48.3 Å². The lowest BCUT2D eigenvalue weighted by molar-refractivity contribution is -0.146. The molecule has 0 amide bonds. The Kier molecular flexibility index (Phi) is 2.30. The fraction of sp³-hybridized carbons (Fsp3) is 0.933. The monoisotopic (exact) mass is 236 g/mol. The van der Waals surface area contributed by atoms with E-state index in [-0.39, 0.29) is 12.0 Å². The normalized spacial score (nSPS) is 51.6. The molecule has 3 aliphatic rings. The number of hydrogen-bond donors (Lipinski definition) is 1. The first-order valence-electron chi connectivity index (χ1n) is 7.09. The van der Waals surface area contributed by atoms with Gasteiger partial charge in [0.15, 0.2) is 0 Å². The summed E-state index contributed by atoms with van der Waals surface area (Å²) in [6, 6.07) is 0. The second-order valence-electron chi connectivity index (χ2n) is 7.27. The molecule has 3 fully saturated rings. The SMILES string of the molecule is C[C@@H]1CCC(=O)[C@]2(CO)CC[C@@H]3[C@@H]([C@@H]12)C3(C)C. The molecule has 0 spiro atoms. The summed E-state index contributed by atoms with van der Waals surface area (Å²) in [5.41, 5.74) is 0.0417. The number of ketones is 1. The van der Waals surface area contributed by atoms with Gasteiger partial charge in [0.1, 0.15) is 5.78 Å². The molecule has 0 aromatic rings. The summed E-state index contributed by atoms with van der Waals surface area (Å²) >= 11 is 0. The molecule has 0 heterocycles. The highest BCUT2D eigenvalue weighted by Gasteiger charge is 2.70. The third-order valence-corrected chi connectivity index (χ3v) is 6.34. The van der Waals surface area contributed by atoms with E-state index in [0.29, 0.717) is 35.4 Å². The van der Waals surface area contributed by atoms with Crippen molar-refractivity contribution in [2.45, 2.75) is 46.5 Å². The van der Waals surface area contributed by atoms with Crippen LogP contribution in [-0.4, -0.2) is 17.5 Å². The second kappa shape index (κ2) is 3.34. The summed E-state index contributed by atoms with van der Waals surface area (Å²) in [6.45, 7) is 7.07. The summed E-state index contributed by atoms with van der Waals surface area (Å²) in [5, 5.41) is 9.85. The van der Waals surface area contributed by atoms with Crippen LogP contribution in [0, 0.1) is 34.5 Å². The minimum absolute atomic E-state index is 0.0835. The number of fused-ring (bicyclic) bond motifs is 3. The third kappa shape index (κ3) is 1.28. The number of carbonyl (C=O) groups excluding carboxylic acids is 1. The predicted molar refractivity (Wildman–Crippen MR) is 66.4 cm³/mol. The first-order chi connectivity index (χ1) is 7.95. The fourth-order valence-electron chi connectivity index (χ4n) is 5.26. The van der Waals surface area contributed by atoms with Crippen LogP contribution >= 0.6 is 0 Å². The molecule has 0 aliphatic heterocycles. The van der Waals surface area contributed by atoms with Crippen molar-refractivity contribution in [1.29, 1.82) is 0 Å². The zero-order chi connectivity index (χ0) is 12.4. The Morgan fingerprint density at radius 3 is 2.65 bits per heavy atom. The molecule has 0 radical (unpaired) electrons. The summed E-state index contributed by atoms with van der Waals surface area (Å²) in [4.78, 5) is 12.3. The van der Waals surface area contributed by atoms with Crippen LogP contribution in [0.1, 0.15) is 46.5 Å². The third-order valence-electron chi connectivity index (χ3n) is 6.34. The first-order valence-corrected chi connectivity index (χ1v) is 7.09. The zero-order valence-electron chi connectivity index (χ0n) is 11.2. The maximum atomic E-state index is 12.3. The minimum atomic E-state index is -0.368. The lowest BCUT2D eigenvalue weighted by Crippen LogP contribution is -2.51. The van der Waals surface area contributed by atoms with Gasteiger partial charge in [-0.3, -0.25) is 4.79 Å². The maximum absolute atomic E-state index is 12.3. The summed E-state index contributed by atoms with van der Waals surface area (Å²) in [7, 11) is 0. The van der Waals surface area contributed by atoms with Crippen LogP contribution in [0.25, 0.3) is 0 Å². The molecule has 3 saturated carbocycles. The zero-order valence-corrected chi connectivity index (χ0v) is 11.2. The topological polar surface area (TPSA) is 37.3 Å². The molecule has 0 saturated heterocycles. The van der Waals surface area contributed by atoms with Gasteiger partial charge in [-0.25, -0.2) is 0 Å². The lowest BCUT2D eigenvalue weighted by Gasteiger charge is -2.48. The molecule has 0 aromatic heterocycles. The van der Waals surface area contributed by atoms with Gasteiger partial charge >= 0.3 is 0 Å². The van der Waals surface area contributed by atoms with Crippen molar-refractivity contribution in [2.75, 3.05) is 6.61 Å². The Morgan fingerprint density at radius 2 is 2.00 bits per heavy atom. The Bertz CT molecular complexity index is 360. The molecule has 5 atom stereocenters. The first kappa shape index (κ1) is 11.7.